The minimum atomic E-state index is -3.98. The van der Waals surface area contributed by atoms with E-state index in [1.165, 1.54) is 36.0 Å². The minimum Gasteiger partial charge on any atom is -0.497 e. The van der Waals surface area contributed by atoms with Crippen molar-refractivity contribution in [3.63, 3.8) is 0 Å². The topological polar surface area (TPSA) is 149 Å². The summed E-state index contributed by atoms with van der Waals surface area (Å²) < 4.78 is 36.8. The molecule has 1 unspecified atom stereocenters. The highest BCUT2D eigenvalue weighted by Gasteiger charge is 2.23. The minimum absolute atomic E-state index is 0.0976. The van der Waals surface area contributed by atoms with Gasteiger partial charge in [-0.3, -0.25) is 9.59 Å². The van der Waals surface area contributed by atoms with Crippen LogP contribution in [0.3, 0.4) is 0 Å². The van der Waals surface area contributed by atoms with Crippen LogP contribution in [0.15, 0.2) is 82.8 Å². The summed E-state index contributed by atoms with van der Waals surface area (Å²) in [5.41, 5.74) is 3.15. The Morgan fingerprint density at radius 2 is 1.38 bits per heavy atom. The van der Waals surface area contributed by atoms with Gasteiger partial charge in [-0.2, -0.15) is 0 Å². The Kier molecular flexibility index (Phi) is 9.76. The molecule has 4 aromatic rings. The fourth-order valence-corrected chi connectivity index (χ4v) is 5.70. The number of nitrogens with one attached hydrogen (secondary N) is 2. The van der Waals surface area contributed by atoms with Crippen LogP contribution >= 0.6 is 11.8 Å². The molecule has 11 nitrogen and oxygen atoms in total. The maximum absolute atomic E-state index is 13.1. The smallest absolute Gasteiger partial charge is 0.264 e. The van der Waals surface area contributed by atoms with Crippen LogP contribution in [0.4, 0.5) is 5.69 Å². The maximum atomic E-state index is 13.1. The Balaban J connectivity index is 1.57. The first-order valence-corrected chi connectivity index (χ1v) is 15.1. The van der Waals surface area contributed by atoms with Gasteiger partial charge < -0.3 is 14.8 Å². The van der Waals surface area contributed by atoms with Crippen molar-refractivity contribution < 1.29 is 27.5 Å². The summed E-state index contributed by atoms with van der Waals surface area (Å²) in [5.74, 6) is 0.399. The molecule has 2 N–H and O–H groups in total. The zero-order valence-electron chi connectivity index (χ0n) is 23.3. The second-order valence-corrected chi connectivity index (χ2v) is 11.8. The van der Waals surface area contributed by atoms with Crippen LogP contribution in [0.25, 0.3) is 22.5 Å². The molecular formula is C29H29N5O6S2. The molecule has 0 saturated carbocycles. The number of hydrogen-bond donors (Lipinski definition) is 2. The molecule has 0 fully saturated rings. The summed E-state index contributed by atoms with van der Waals surface area (Å²) in [6, 6.07) is 20.3. The lowest BCUT2D eigenvalue weighted by atomic mass is 10.0. The molecule has 13 heteroatoms. The Morgan fingerprint density at radius 3 is 1.88 bits per heavy atom. The summed E-state index contributed by atoms with van der Waals surface area (Å²) in [7, 11) is -0.787. The van der Waals surface area contributed by atoms with E-state index >= 15 is 0 Å². The number of benzene rings is 3. The Hall–Kier alpha value is -4.49. The van der Waals surface area contributed by atoms with Gasteiger partial charge in [0.1, 0.15) is 22.9 Å². The quantitative estimate of drug-likeness (QED) is 0.232. The zero-order valence-corrected chi connectivity index (χ0v) is 25.0. The molecule has 42 heavy (non-hydrogen) atoms. The molecule has 0 aliphatic rings. The highest BCUT2D eigenvalue weighted by Crippen LogP contribution is 2.33. The number of hydrogen-bond acceptors (Lipinski definition) is 10. The van der Waals surface area contributed by atoms with Crippen molar-refractivity contribution in [2.24, 2.45) is 0 Å². The summed E-state index contributed by atoms with van der Waals surface area (Å²) in [6.45, 7) is 2.98. The van der Waals surface area contributed by atoms with Crippen LogP contribution in [-0.4, -0.2) is 54.9 Å². The van der Waals surface area contributed by atoms with E-state index < -0.39 is 21.2 Å². The van der Waals surface area contributed by atoms with Crippen LogP contribution < -0.4 is 19.5 Å². The first-order valence-electron chi connectivity index (χ1n) is 12.8. The second-order valence-electron chi connectivity index (χ2n) is 8.94. The number of ether oxygens (including phenoxy) is 2. The van der Waals surface area contributed by atoms with Gasteiger partial charge in [0.25, 0.3) is 10.0 Å². The van der Waals surface area contributed by atoms with Gasteiger partial charge in [-0.25, -0.2) is 18.1 Å². The highest BCUT2D eigenvalue weighted by atomic mass is 32.2. The molecule has 0 aliphatic carbocycles. The first-order chi connectivity index (χ1) is 20.1. The molecule has 0 aliphatic heterocycles. The van der Waals surface area contributed by atoms with E-state index in [0.29, 0.717) is 40.2 Å². The number of carbonyl (C=O) groups is 2. The van der Waals surface area contributed by atoms with Crippen LogP contribution in [-0.2, 0) is 19.6 Å². The number of rotatable bonds is 11. The first kappa shape index (κ1) is 30.5. The van der Waals surface area contributed by atoms with Crippen molar-refractivity contribution in [1.29, 1.82) is 0 Å². The van der Waals surface area contributed by atoms with Gasteiger partial charge in [0, 0.05) is 23.7 Å². The summed E-state index contributed by atoms with van der Waals surface area (Å²) in [6.07, 6.45) is 0.465. The Labute approximate surface area is 248 Å². The molecule has 1 heterocycles. The van der Waals surface area contributed by atoms with Gasteiger partial charge in [-0.15, -0.1) is 10.2 Å². The Bertz CT molecular complexity index is 1660. The lowest BCUT2D eigenvalue weighted by molar-refractivity contribution is -0.117. The third-order valence-electron chi connectivity index (χ3n) is 6.02. The summed E-state index contributed by atoms with van der Waals surface area (Å²) >= 11 is 1.17. The van der Waals surface area contributed by atoms with Gasteiger partial charge in [-0.05, 0) is 79.2 Å². The maximum Gasteiger partial charge on any atom is 0.264 e. The van der Waals surface area contributed by atoms with Gasteiger partial charge >= 0.3 is 0 Å². The van der Waals surface area contributed by atoms with Gasteiger partial charge in [0.2, 0.25) is 17.0 Å². The van der Waals surface area contributed by atoms with Gasteiger partial charge in [0.05, 0.1) is 24.4 Å². The van der Waals surface area contributed by atoms with Gasteiger partial charge in [-0.1, -0.05) is 18.7 Å². The van der Waals surface area contributed by atoms with E-state index in [1.54, 1.807) is 14.2 Å². The van der Waals surface area contributed by atoms with Crippen LogP contribution in [0.2, 0.25) is 0 Å². The average molecular weight is 608 g/mol. The molecule has 4 rings (SSSR count). The number of amides is 2. The lowest BCUT2D eigenvalue weighted by Crippen LogP contribution is -2.28. The fourth-order valence-electron chi connectivity index (χ4n) is 3.89. The third-order valence-corrected chi connectivity index (χ3v) is 8.68. The zero-order chi connectivity index (χ0) is 30.3. The molecule has 0 bridgehead atoms. The van der Waals surface area contributed by atoms with Gasteiger partial charge in [0.15, 0.2) is 0 Å². The van der Waals surface area contributed by atoms with E-state index in [0.717, 1.165) is 18.1 Å². The van der Waals surface area contributed by atoms with E-state index in [9.17, 15) is 18.0 Å². The molecular weight excluding hydrogens is 578 g/mol. The molecule has 1 aromatic heterocycles. The largest absolute Gasteiger partial charge is 0.497 e. The van der Waals surface area contributed by atoms with Crippen molar-refractivity contribution >= 4 is 39.3 Å². The molecule has 0 spiro atoms. The molecule has 1 atom stereocenters. The van der Waals surface area contributed by atoms with Crippen molar-refractivity contribution in [2.75, 3.05) is 19.5 Å². The standard InChI is InChI=1S/C29H29N5O6S2/c1-5-25(28(36)30-21-10-16-24(17-11-21)42(37,38)34-18(2)35)41-29-31-26(19-6-12-22(39-3)13-7-19)27(32-33-29)20-8-14-23(40-4)15-9-20/h6-17,25H,5H2,1-4H3,(H,30,36)(H,34,35). The number of sulfonamides is 1. The van der Waals surface area contributed by atoms with Crippen molar-refractivity contribution in [3.05, 3.63) is 72.8 Å². The number of thioether (sulfide) groups is 1. The predicted molar refractivity (Wildman–Crippen MR) is 160 cm³/mol. The van der Waals surface area contributed by atoms with E-state index in [4.69, 9.17) is 14.5 Å². The number of carbonyl (C=O) groups excluding carboxylic acids is 2. The van der Waals surface area contributed by atoms with Crippen molar-refractivity contribution in [2.45, 2.75) is 35.6 Å². The number of aromatic nitrogens is 3. The fraction of sp³-hybridized carbons (Fsp3) is 0.207. The number of anilines is 1. The average Bonchev–Trinajstić information content (AvgIpc) is 2.99. The summed E-state index contributed by atoms with van der Waals surface area (Å²) in [4.78, 5) is 29.0. The normalized spacial score (nSPS) is 11.8. The monoisotopic (exact) mass is 607 g/mol. The molecule has 0 radical (unpaired) electrons. The molecule has 218 valence electrons. The SMILES string of the molecule is CCC(Sc1nnc(-c2ccc(OC)cc2)c(-c2ccc(OC)cc2)n1)C(=O)Nc1ccc(S(=O)(=O)NC(C)=O)cc1. The van der Waals surface area contributed by atoms with Crippen molar-refractivity contribution in [1.82, 2.24) is 19.9 Å². The molecule has 2 amide bonds. The van der Waals surface area contributed by atoms with E-state index in [1.807, 2.05) is 60.2 Å². The Morgan fingerprint density at radius 1 is 0.833 bits per heavy atom. The summed E-state index contributed by atoms with van der Waals surface area (Å²) in [5, 5.41) is 11.4. The van der Waals surface area contributed by atoms with E-state index in [-0.39, 0.29) is 10.8 Å². The molecule has 3 aromatic carbocycles. The molecule has 0 saturated heterocycles. The van der Waals surface area contributed by atoms with Crippen LogP contribution in [0, 0.1) is 0 Å². The van der Waals surface area contributed by atoms with Crippen LogP contribution in [0.5, 0.6) is 11.5 Å². The van der Waals surface area contributed by atoms with Crippen LogP contribution in [0.1, 0.15) is 20.3 Å². The lowest BCUT2D eigenvalue weighted by Gasteiger charge is -2.15. The second kappa shape index (κ2) is 13.4. The van der Waals surface area contributed by atoms with E-state index in [2.05, 4.69) is 15.5 Å². The number of nitrogens with zero attached hydrogens (tertiary/aromatic N) is 3. The predicted octanol–water partition coefficient (Wildman–Crippen LogP) is 4.56. The van der Waals surface area contributed by atoms with Crippen molar-refractivity contribution in [3.8, 4) is 34.0 Å². The highest BCUT2D eigenvalue weighted by molar-refractivity contribution is 8.00. The third kappa shape index (κ3) is 7.42. The number of methoxy groups -OCH3 is 2.